The molecule has 0 spiro atoms. The van der Waals surface area contributed by atoms with Crippen LogP contribution in [-0.2, 0) is 52.8 Å². The fourth-order valence-corrected chi connectivity index (χ4v) is 24.6. The lowest BCUT2D eigenvalue weighted by Crippen LogP contribution is -2.56. The third-order valence-corrected chi connectivity index (χ3v) is 28.9. The van der Waals surface area contributed by atoms with E-state index in [4.69, 9.17) is 24.8 Å². The second kappa shape index (κ2) is 30.2. The summed E-state index contributed by atoms with van der Waals surface area (Å²) in [6.45, 7) is 18.3. The molecule has 19 rings (SSSR count). The zero-order valence-corrected chi connectivity index (χ0v) is 65.6. The first kappa shape index (κ1) is 76.2. The molecule has 0 aromatic carbocycles. The number of nitrogens with one attached hydrogen (secondary N) is 6. The molecule has 0 saturated heterocycles. The van der Waals surface area contributed by atoms with Crippen molar-refractivity contribution in [2.75, 3.05) is 0 Å². The molecule has 0 aliphatic heterocycles. The Morgan fingerprint density at radius 3 is 1.06 bits per heavy atom. The molecule has 16 aliphatic rings. The summed E-state index contributed by atoms with van der Waals surface area (Å²) in [4.78, 5) is 77.9. The predicted molar refractivity (Wildman–Crippen MR) is 401 cm³/mol. The molecule has 6 unspecified atom stereocenters. The van der Waals surface area contributed by atoms with Crippen molar-refractivity contribution in [3.8, 4) is 0 Å². The van der Waals surface area contributed by atoms with Gasteiger partial charge >= 0.3 is 24.3 Å². The number of amides is 6. The molecule has 590 valence electrons. The lowest BCUT2D eigenvalue weighted by atomic mass is 9.54. The van der Waals surface area contributed by atoms with E-state index in [1.807, 2.05) is 46.2 Å². The summed E-state index contributed by atoms with van der Waals surface area (Å²) in [5.74, 6) is 4.29. The third kappa shape index (κ3) is 16.3. The maximum absolute atomic E-state index is 13.9. The lowest BCUT2D eigenvalue weighted by molar-refractivity contribution is -0.174. The van der Waals surface area contributed by atoms with Crippen LogP contribution in [0.2, 0.25) is 0 Å². The summed E-state index contributed by atoms with van der Waals surface area (Å²) in [5, 5.41) is 33.5. The zero-order chi connectivity index (χ0) is 75.2. The molecule has 16 aliphatic carbocycles. The predicted octanol–water partition coefficient (Wildman–Crippen LogP) is 15.5. The molecule has 3 aromatic rings. The molecular weight excluding hydrogens is 1360 g/mol. The van der Waals surface area contributed by atoms with Crippen LogP contribution >= 0.6 is 0 Å². The first-order valence-electron chi connectivity index (χ1n) is 42.5. The highest BCUT2D eigenvalue weighted by Crippen LogP contribution is 2.63. The number of fused-ring (bicyclic) bond motifs is 5. The van der Waals surface area contributed by atoms with Gasteiger partial charge in [0.25, 0.3) is 17.7 Å². The van der Waals surface area contributed by atoms with Gasteiger partial charge in [0.15, 0.2) is 17.1 Å². The molecule has 6 amide bonds. The van der Waals surface area contributed by atoms with E-state index in [2.05, 4.69) is 62.0 Å². The maximum Gasteiger partial charge on any atom is 0.471 e. The van der Waals surface area contributed by atoms with Crippen molar-refractivity contribution in [3.05, 3.63) is 50.9 Å². The summed E-state index contributed by atoms with van der Waals surface area (Å²) in [6, 6.07) is 0.908. The van der Waals surface area contributed by atoms with Gasteiger partial charge in [-0.1, -0.05) is 78.6 Å². The number of alkyl halides is 3. The van der Waals surface area contributed by atoms with E-state index in [0.717, 1.165) is 123 Å². The second-order valence-electron chi connectivity index (χ2n) is 39.3. The van der Waals surface area contributed by atoms with Crippen molar-refractivity contribution in [3.63, 3.8) is 0 Å². The molecule has 13 saturated carbocycles. The summed E-state index contributed by atoms with van der Waals surface area (Å²) < 4.78 is 56.0. The molecule has 13 fully saturated rings. The van der Waals surface area contributed by atoms with Crippen LogP contribution in [0.3, 0.4) is 0 Å². The second-order valence-corrected chi connectivity index (χ2v) is 39.3. The van der Waals surface area contributed by atoms with E-state index in [1.54, 1.807) is 0 Å². The van der Waals surface area contributed by atoms with Crippen LogP contribution in [0.1, 0.15) is 345 Å². The molecule has 23 heteroatoms. The van der Waals surface area contributed by atoms with Gasteiger partial charge in [0.1, 0.15) is 11.2 Å². The van der Waals surface area contributed by atoms with Gasteiger partial charge in [-0.05, 0) is 285 Å². The van der Waals surface area contributed by atoms with E-state index >= 15 is 0 Å². The Balaban J connectivity index is 0.000000128. The number of hydrogen-bond donors (Lipinski definition) is 6. The summed E-state index contributed by atoms with van der Waals surface area (Å²) >= 11 is 0. The smallest absolute Gasteiger partial charge is 0.444 e. The van der Waals surface area contributed by atoms with Crippen molar-refractivity contribution in [1.29, 1.82) is 0 Å². The Morgan fingerprint density at radius 1 is 0.421 bits per heavy atom. The molecule has 0 radical (unpaired) electrons. The number of hydrogen-bond acceptors (Lipinski definition) is 11. The minimum absolute atomic E-state index is 0.0104. The Kier molecular flexibility index (Phi) is 21.5. The fourth-order valence-electron chi connectivity index (χ4n) is 24.6. The minimum atomic E-state index is -4.91. The molecule has 107 heavy (non-hydrogen) atoms. The third-order valence-electron chi connectivity index (χ3n) is 28.9. The number of carbonyl (C=O) groups excluding carboxylic acids is 6. The van der Waals surface area contributed by atoms with E-state index in [0.29, 0.717) is 90.5 Å². The maximum atomic E-state index is 13.9. The summed E-state index contributed by atoms with van der Waals surface area (Å²) in [7, 11) is 0. The van der Waals surface area contributed by atoms with Crippen molar-refractivity contribution in [2.45, 2.75) is 372 Å². The van der Waals surface area contributed by atoms with Gasteiger partial charge in [-0.25, -0.2) is 9.59 Å². The number of ether oxygens (including phenoxy) is 2. The van der Waals surface area contributed by atoms with Gasteiger partial charge in [-0.3, -0.25) is 33.2 Å². The number of alkyl carbamates (subject to hydrolysis) is 2. The van der Waals surface area contributed by atoms with Crippen LogP contribution in [0.4, 0.5) is 22.8 Å². The van der Waals surface area contributed by atoms with Gasteiger partial charge < -0.3 is 41.4 Å². The van der Waals surface area contributed by atoms with Gasteiger partial charge in [0, 0.05) is 70.0 Å². The minimum Gasteiger partial charge on any atom is -0.444 e. The normalized spacial score (nSPS) is 33.3. The van der Waals surface area contributed by atoms with Gasteiger partial charge in [-0.15, -0.1) is 0 Å². The number of nitrogens with zero attached hydrogens (tertiary/aromatic N) is 6. The summed E-state index contributed by atoms with van der Waals surface area (Å²) in [6.07, 6.45) is 33.9. The first-order valence-corrected chi connectivity index (χ1v) is 42.5. The van der Waals surface area contributed by atoms with Gasteiger partial charge in [-0.2, -0.15) is 28.5 Å². The Morgan fingerprint density at radius 2 is 0.748 bits per heavy atom. The van der Waals surface area contributed by atoms with Crippen molar-refractivity contribution in [2.24, 2.45) is 64.1 Å². The topological polar surface area (TPSA) is 247 Å². The van der Waals surface area contributed by atoms with Crippen LogP contribution in [0, 0.1) is 64.1 Å². The Bertz CT molecular complexity index is 3720. The first-order chi connectivity index (χ1) is 50.9. The van der Waals surface area contributed by atoms with Crippen molar-refractivity contribution >= 4 is 35.8 Å². The lowest BCUT2D eigenvalue weighted by Gasteiger charge is -2.54. The van der Waals surface area contributed by atoms with Crippen molar-refractivity contribution < 1.29 is 51.4 Å². The average molecular weight is 1490 g/mol. The number of halogens is 3. The monoisotopic (exact) mass is 1490 g/mol. The Hall–Kier alpha value is -6.16. The highest BCUT2D eigenvalue weighted by Gasteiger charge is 2.60. The number of rotatable bonds is 12. The van der Waals surface area contributed by atoms with E-state index in [-0.39, 0.29) is 71.3 Å². The van der Waals surface area contributed by atoms with Crippen LogP contribution in [-0.4, -0.2) is 119 Å². The Labute approximate surface area is 632 Å². The van der Waals surface area contributed by atoms with Crippen LogP contribution < -0.4 is 31.9 Å². The number of carbonyl (C=O) groups is 6. The van der Waals surface area contributed by atoms with Gasteiger partial charge in [0.05, 0.1) is 18.1 Å². The van der Waals surface area contributed by atoms with Crippen LogP contribution in [0.25, 0.3) is 0 Å². The molecule has 6 N–H and O–H groups in total. The fraction of sp³-hybridized carbons (Fsp3) is 0.821. The highest BCUT2D eigenvalue weighted by molar-refractivity contribution is 5.96. The highest BCUT2D eigenvalue weighted by atomic mass is 19.4. The standard InChI is InChI=1S/C29H44N4O3.C29H46N4O3.C26H35F3N4O2/c1-29(2,3)36-28(35)30-21-9-10-24-23(16-21)26(32-33(24)22-7-5-4-6-8-22)27(34)31-25-19-12-17-11-18(14-19)15-20(25)13-17;1-27(2,3)36-26(35)30-19-12-13-22-21(16-19)23(32-33(22)20-10-8-7-9-11-20)24(34)31-25-28(4,5)18-14-15-29(25,6)17-18;27-26(28,29)25(35)30-18-6-7-21-20(13-18)23(32-33(21)19-4-2-1-3-5-19)24(34)31-22-16-9-14-8-15(11-16)12-17(22)10-14/h17-22,25H,4-16H2,1-3H3,(H,30,35)(H,31,34);18-20,25H,7-17H2,1-6H3,(H,30,35)(H,31,34);14-19,22H,1-13H2,(H,30,35)(H,31,34). The van der Waals surface area contributed by atoms with Gasteiger partial charge in [0.2, 0.25) is 0 Å². The molecule has 10 bridgehead atoms. The largest absolute Gasteiger partial charge is 0.471 e. The zero-order valence-electron chi connectivity index (χ0n) is 65.6. The summed E-state index contributed by atoms with van der Waals surface area (Å²) in [5.41, 5.74) is 6.95. The van der Waals surface area contributed by atoms with E-state index in [9.17, 15) is 41.9 Å². The molecular formula is C84H125F3N12O8. The molecule has 20 nitrogen and oxygen atoms in total. The number of aromatic nitrogens is 6. The SMILES string of the molecule is CC(C)(C)OC(=O)NC1CCc2c(c(C(=O)NC3C4(C)CCC(C4)C3(C)C)nn2C2CCCCC2)C1.CC(C)(C)OC(=O)NC1CCc2c(c(C(=O)NC3C4CC5CC(C4)CC3C5)nn2C2CCCCC2)C1.O=C(NC1C2CC3CC(C2)CC1C3)c1nn(C2CCCCC2)c2c1CC(NC(=O)C(F)(F)F)CC2. The molecule has 6 atom stereocenters. The van der Waals surface area contributed by atoms with E-state index < -0.39 is 35.4 Å². The average Bonchev–Trinajstić information content (AvgIpc) is 1.63. The molecule has 3 aromatic heterocycles. The van der Waals surface area contributed by atoms with Crippen molar-refractivity contribution in [1.82, 2.24) is 61.2 Å². The quantitative estimate of drug-likeness (QED) is 0.0995. The van der Waals surface area contributed by atoms with Crippen LogP contribution in [0.15, 0.2) is 0 Å². The van der Waals surface area contributed by atoms with Crippen LogP contribution in [0.5, 0.6) is 0 Å². The van der Waals surface area contributed by atoms with E-state index in [1.165, 1.54) is 140 Å². The molecule has 3 heterocycles.